The maximum Gasteiger partial charge on any atom is 0.340 e. The fraction of sp³-hybridized carbons (Fsp3) is 0.192. The topological polar surface area (TPSA) is 47.6 Å². The van der Waals surface area contributed by atoms with E-state index in [0.717, 1.165) is 16.9 Å². The Morgan fingerprint density at radius 3 is 2.35 bits per heavy atom. The van der Waals surface area contributed by atoms with Gasteiger partial charge in [0.15, 0.2) is 0 Å². The Balaban J connectivity index is 1.95. The molecule has 3 rings (SSSR count). The third kappa shape index (κ3) is 6.19. The van der Waals surface area contributed by atoms with Gasteiger partial charge in [-0.3, -0.25) is 0 Å². The van der Waals surface area contributed by atoms with E-state index < -0.39 is 11.6 Å². The summed E-state index contributed by atoms with van der Waals surface area (Å²) in [6.45, 7) is 5.47. The zero-order valence-corrected chi connectivity index (χ0v) is 18.1. The quantitative estimate of drug-likeness (QED) is 0.357. The highest BCUT2D eigenvalue weighted by atomic mass is 19.1. The second-order valence-electron chi connectivity index (χ2n) is 8.01. The first-order valence-corrected chi connectivity index (χ1v) is 9.96. The van der Waals surface area contributed by atoms with E-state index in [4.69, 9.17) is 9.47 Å². The van der Waals surface area contributed by atoms with Crippen LogP contribution in [0, 0.1) is 5.82 Å². The van der Waals surface area contributed by atoms with Gasteiger partial charge in [-0.05, 0) is 68.8 Å². The predicted octanol–water partition coefficient (Wildman–Crippen LogP) is 6.70. The third-order valence-corrected chi connectivity index (χ3v) is 4.38. The third-order valence-electron chi connectivity index (χ3n) is 4.38. The highest BCUT2D eigenvalue weighted by Gasteiger charge is 2.20. The van der Waals surface area contributed by atoms with Crippen molar-refractivity contribution in [3.05, 3.63) is 89.2 Å². The van der Waals surface area contributed by atoms with Crippen LogP contribution in [0.3, 0.4) is 0 Å². The normalized spacial score (nSPS) is 11.4. The molecule has 4 nitrogen and oxygen atoms in total. The molecule has 0 bridgehead atoms. The summed E-state index contributed by atoms with van der Waals surface area (Å²) >= 11 is 0. The fourth-order valence-corrected chi connectivity index (χ4v) is 2.96. The number of rotatable bonds is 6. The molecule has 3 aromatic rings. The summed E-state index contributed by atoms with van der Waals surface area (Å²) in [7, 11) is 1.63. The van der Waals surface area contributed by atoms with Crippen LogP contribution in [-0.4, -0.2) is 18.7 Å². The van der Waals surface area contributed by atoms with Crippen LogP contribution >= 0.6 is 0 Å². The SMILES string of the molecule is COc1ccccc1C=Cc1ccc(C(=O)OC(C)(C)C)c(Nc2ccc(F)cc2)c1. The van der Waals surface area contributed by atoms with Crippen molar-refractivity contribution >= 4 is 29.5 Å². The Bertz CT molecular complexity index is 1080. The van der Waals surface area contributed by atoms with Crippen molar-refractivity contribution in [3.8, 4) is 5.75 Å². The first-order chi connectivity index (χ1) is 14.7. The van der Waals surface area contributed by atoms with Crippen LogP contribution in [0.25, 0.3) is 12.2 Å². The number of carbonyl (C=O) groups excluding carboxylic acids is 1. The molecule has 0 fully saturated rings. The lowest BCUT2D eigenvalue weighted by Crippen LogP contribution is -2.24. The van der Waals surface area contributed by atoms with Gasteiger partial charge in [-0.15, -0.1) is 0 Å². The van der Waals surface area contributed by atoms with Crippen LogP contribution < -0.4 is 10.1 Å². The molecule has 0 amide bonds. The molecule has 0 aliphatic heterocycles. The molecule has 3 aromatic carbocycles. The van der Waals surface area contributed by atoms with Crippen molar-refractivity contribution in [2.45, 2.75) is 26.4 Å². The number of hydrogen-bond acceptors (Lipinski definition) is 4. The number of benzene rings is 3. The van der Waals surface area contributed by atoms with Gasteiger partial charge < -0.3 is 14.8 Å². The molecule has 0 aliphatic carbocycles. The molecule has 0 aliphatic rings. The number of halogens is 1. The van der Waals surface area contributed by atoms with Gasteiger partial charge in [0.2, 0.25) is 0 Å². The van der Waals surface area contributed by atoms with Gasteiger partial charge in [0.05, 0.1) is 18.4 Å². The second-order valence-corrected chi connectivity index (χ2v) is 8.01. The Kier molecular flexibility index (Phi) is 6.75. The lowest BCUT2D eigenvalue weighted by molar-refractivity contribution is 0.00707. The number of esters is 1. The lowest BCUT2D eigenvalue weighted by Gasteiger charge is -2.21. The summed E-state index contributed by atoms with van der Waals surface area (Å²) in [6, 6.07) is 19.1. The number of hydrogen-bond donors (Lipinski definition) is 1. The number of methoxy groups -OCH3 is 1. The van der Waals surface area contributed by atoms with Gasteiger partial charge in [-0.2, -0.15) is 0 Å². The summed E-state index contributed by atoms with van der Waals surface area (Å²) < 4.78 is 24.2. The number of nitrogens with one attached hydrogen (secondary N) is 1. The van der Waals surface area contributed by atoms with Crippen LogP contribution in [0.2, 0.25) is 0 Å². The van der Waals surface area contributed by atoms with Gasteiger partial charge >= 0.3 is 5.97 Å². The Labute approximate surface area is 182 Å². The van der Waals surface area contributed by atoms with Crippen LogP contribution in [0.4, 0.5) is 15.8 Å². The van der Waals surface area contributed by atoms with Gasteiger partial charge in [0.1, 0.15) is 17.2 Å². The van der Waals surface area contributed by atoms with E-state index in [9.17, 15) is 9.18 Å². The van der Waals surface area contributed by atoms with E-state index in [1.54, 1.807) is 25.3 Å². The number of anilines is 2. The fourth-order valence-electron chi connectivity index (χ4n) is 2.96. The highest BCUT2D eigenvalue weighted by molar-refractivity contribution is 5.97. The van der Waals surface area contributed by atoms with Gasteiger partial charge in [0.25, 0.3) is 0 Å². The van der Waals surface area contributed by atoms with Crippen molar-refractivity contribution in [3.63, 3.8) is 0 Å². The molecule has 160 valence electrons. The smallest absolute Gasteiger partial charge is 0.340 e. The maximum absolute atomic E-state index is 13.3. The van der Waals surface area contributed by atoms with E-state index in [0.29, 0.717) is 16.9 Å². The van der Waals surface area contributed by atoms with Gasteiger partial charge in [-0.25, -0.2) is 9.18 Å². The molecular weight excluding hydrogens is 393 g/mol. The molecule has 0 saturated heterocycles. The van der Waals surface area contributed by atoms with E-state index in [1.165, 1.54) is 12.1 Å². The minimum atomic E-state index is -0.618. The van der Waals surface area contributed by atoms with Crippen molar-refractivity contribution in [2.24, 2.45) is 0 Å². The average molecular weight is 419 g/mol. The molecule has 0 atom stereocenters. The van der Waals surface area contributed by atoms with E-state index in [-0.39, 0.29) is 5.82 Å². The predicted molar refractivity (Wildman–Crippen MR) is 123 cm³/mol. The standard InChI is InChI=1S/C26H26FNO3/c1-26(2,3)31-25(29)22-16-10-18(9-11-19-7-5-6-8-24(19)30-4)17-23(22)28-21-14-12-20(27)13-15-21/h5-17,28H,1-4H3. The molecule has 0 aromatic heterocycles. The Morgan fingerprint density at radius 1 is 0.968 bits per heavy atom. The monoisotopic (exact) mass is 419 g/mol. The van der Waals surface area contributed by atoms with E-state index in [1.807, 2.05) is 69.3 Å². The summed E-state index contributed by atoms with van der Waals surface area (Å²) in [5.74, 6) is 0.0116. The molecule has 1 N–H and O–H groups in total. The van der Waals surface area contributed by atoms with Crippen LogP contribution in [0.5, 0.6) is 5.75 Å². The zero-order valence-electron chi connectivity index (χ0n) is 18.1. The van der Waals surface area contributed by atoms with Crippen LogP contribution in [0.15, 0.2) is 66.7 Å². The summed E-state index contributed by atoms with van der Waals surface area (Å²) in [5.41, 5.74) is 2.83. The van der Waals surface area contributed by atoms with Crippen molar-refractivity contribution in [1.29, 1.82) is 0 Å². The van der Waals surface area contributed by atoms with E-state index >= 15 is 0 Å². The molecule has 31 heavy (non-hydrogen) atoms. The molecule has 0 spiro atoms. The highest BCUT2D eigenvalue weighted by Crippen LogP contribution is 2.27. The minimum Gasteiger partial charge on any atom is -0.496 e. The second kappa shape index (κ2) is 9.47. The first kappa shape index (κ1) is 22.1. The van der Waals surface area contributed by atoms with Crippen molar-refractivity contribution < 1.29 is 18.7 Å². The first-order valence-electron chi connectivity index (χ1n) is 9.96. The van der Waals surface area contributed by atoms with Gasteiger partial charge in [0, 0.05) is 11.3 Å². The Morgan fingerprint density at radius 2 is 1.68 bits per heavy atom. The largest absolute Gasteiger partial charge is 0.496 e. The summed E-state index contributed by atoms with van der Waals surface area (Å²) in [6.07, 6.45) is 3.88. The molecule has 5 heteroatoms. The van der Waals surface area contributed by atoms with Crippen molar-refractivity contribution in [1.82, 2.24) is 0 Å². The summed E-state index contributed by atoms with van der Waals surface area (Å²) in [4.78, 5) is 12.7. The molecule has 0 radical (unpaired) electrons. The zero-order chi connectivity index (χ0) is 22.4. The van der Waals surface area contributed by atoms with E-state index in [2.05, 4.69) is 5.32 Å². The summed E-state index contributed by atoms with van der Waals surface area (Å²) in [5, 5.41) is 3.20. The minimum absolute atomic E-state index is 0.327. The number of para-hydroxylation sites is 1. The van der Waals surface area contributed by atoms with Crippen LogP contribution in [0.1, 0.15) is 42.3 Å². The van der Waals surface area contributed by atoms with Crippen molar-refractivity contribution in [2.75, 3.05) is 12.4 Å². The van der Waals surface area contributed by atoms with Crippen LogP contribution in [-0.2, 0) is 4.74 Å². The molecular formula is C26H26FNO3. The number of ether oxygens (including phenoxy) is 2. The van der Waals surface area contributed by atoms with Gasteiger partial charge in [-0.1, -0.05) is 36.4 Å². The maximum atomic E-state index is 13.3. The average Bonchev–Trinajstić information content (AvgIpc) is 2.73. The Hall–Kier alpha value is -3.60. The number of carbonyl (C=O) groups is 1. The molecule has 0 heterocycles. The molecule has 0 unspecified atom stereocenters. The molecule has 0 saturated carbocycles. The lowest BCUT2D eigenvalue weighted by atomic mass is 10.1.